The molecular formula is C18H14BrN3O4. The summed E-state index contributed by atoms with van der Waals surface area (Å²) in [6.07, 6.45) is 1.28. The number of nitriles is 1. The minimum absolute atomic E-state index is 0.0648. The molecule has 0 aliphatic rings. The highest BCUT2D eigenvalue weighted by Gasteiger charge is 2.20. The lowest BCUT2D eigenvalue weighted by Gasteiger charge is -2.08. The van der Waals surface area contributed by atoms with Crippen LogP contribution in [-0.4, -0.2) is 17.9 Å². The fourth-order valence-corrected chi connectivity index (χ4v) is 2.87. The number of aryl methyl sites for hydroxylation is 1. The molecule has 0 unspecified atom stereocenters. The van der Waals surface area contributed by atoms with Crippen LogP contribution in [0.5, 0.6) is 5.75 Å². The topological polar surface area (TPSA) is 105 Å². The summed E-state index contributed by atoms with van der Waals surface area (Å²) in [6, 6.07) is 11.7. The fourth-order valence-electron chi connectivity index (χ4n) is 2.24. The van der Waals surface area contributed by atoms with Gasteiger partial charge in [0.15, 0.2) is 0 Å². The Morgan fingerprint density at radius 3 is 2.65 bits per heavy atom. The Labute approximate surface area is 158 Å². The van der Waals surface area contributed by atoms with Crippen molar-refractivity contribution in [3.63, 3.8) is 0 Å². The summed E-state index contributed by atoms with van der Waals surface area (Å²) >= 11 is 3.20. The summed E-state index contributed by atoms with van der Waals surface area (Å²) in [5.74, 6) is -0.536. The minimum Gasteiger partial charge on any atom is -0.489 e. The van der Waals surface area contributed by atoms with Crippen molar-refractivity contribution in [2.45, 2.75) is 6.92 Å². The average molecular weight is 416 g/mol. The molecule has 0 aliphatic carbocycles. The van der Waals surface area contributed by atoms with Gasteiger partial charge in [0.25, 0.3) is 5.91 Å². The van der Waals surface area contributed by atoms with E-state index in [2.05, 4.69) is 21.2 Å². The van der Waals surface area contributed by atoms with Crippen LogP contribution in [0.4, 0.5) is 11.4 Å². The number of nitrogens with zero attached hydrogens (tertiary/aromatic N) is 2. The number of nitro groups is 1. The van der Waals surface area contributed by atoms with Gasteiger partial charge in [0.1, 0.15) is 11.6 Å². The Hall–Kier alpha value is -3.18. The first-order valence-corrected chi connectivity index (χ1v) is 8.17. The molecule has 0 bridgehead atoms. The molecule has 2 rings (SSSR count). The number of nitro benzene ring substituents is 1. The van der Waals surface area contributed by atoms with Gasteiger partial charge in [-0.2, -0.15) is 5.26 Å². The molecule has 26 heavy (non-hydrogen) atoms. The van der Waals surface area contributed by atoms with Crippen LogP contribution in [0.2, 0.25) is 0 Å². The van der Waals surface area contributed by atoms with Crippen molar-refractivity contribution < 1.29 is 14.5 Å². The van der Waals surface area contributed by atoms with Crippen molar-refractivity contribution >= 4 is 39.3 Å². The number of para-hydroxylation sites is 1. The van der Waals surface area contributed by atoms with Gasteiger partial charge in [-0.25, -0.2) is 0 Å². The molecule has 2 aromatic rings. The zero-order chi connectivity index (χ0) is 19.3. The number of anilines is 1. The van der Waals surface area contributed by atoms with Crippen LogP contribution in [0.3, 0.4) is 0 Å². The maximum absolute atomic E-state index is 12.4. The van der Waals surface area contributed by atoms with Gasteiger partial charge < -0.3 is 10.1 Å². The van der Waals surface area contributed by atoms with Crippen LogP contribution in [-0.2, 0) is 4.79 Å². The van der Waals surface area contributed by atoms with Gasteiger partial charge in [-0.05, 0) is 52.2 Å². The third kappa shape index (κ3) is 4.26. The molecule has 0 fully saturated rings. The summed E-state index contributed by atoms with van der Waals surface area (Å²) < 4.78 is 5.35. The lowest BCUT2D eigenvalue weighted by Crippen LogP contribution is -2.14. The molecule has 0 radical (unpaired) electrons. The number of hydrogen-bond acceptors (Lipinski definition) is 5. The maximum Gasteiger partial charge on any atom is 0.312 e. The van der Waals surface area contributed by atoms with E-state index in [9.17, 15) is 20.2 Å². The molecule has 0 spiro atoms. The Morgan fingerprint density at radius 2 is 2.08 bits per heavy atom. The van der Waals surface area contributed by atoms with E-state index < -0.39 is 10.8 Å². The molecule has 0 saturated heterocycles. The van der Waals surface area contributed by atoms with Crippen molar-refractivity contribution in [3.8, 4) is 11.8 Å². The Morgan fingerprint density at radius 1 is 1.38 bits per heavy atom. The van der Waals surface area contributed by atoms with Crippen molar-refractivity contribution in [1.29, 1.82) is 5.26 Å². The molecule has 0 aromatic heterocycles. The standard InChI is InChI=1S/C18H14BrN3O4/c1-11-5-3-4-6-15(11)21-18(23)13(10-20)7-12-8-14(19)17(26-2)16(9-12)22(24)25/h3-9H,1-2H3,(H,21,23)/b13-7-. The van der Waals surface area contributed by atoms with Crippen molar-refractivity contribution in [2.75, 3.05) is 12.4 Å². The van der Waals surface area contributed by atoms with Gasteiger partial charge in [-0.1, -0.05) is 18.2 Å². The van der Waals surface area contributed by atoms with Crippen molar-refractivity contribution in [1.82, 2.24) is 0 Å². The van der Waals surface area contributed by atoms with Crippen LogP contribution in [0.15, 0.2) is 46.4 Å². The molecule has 1 N–H and O–H groups in total. The largest absolute Gasteiger partial charge is 0.489 e. The lowest BCUT2D eigenvalue weighted by molar-refractivity contribution is -0.385. The highest BCUT2D eigenvalue weighted by molar-refractivity contribution is 9.10. The first kappa shape index (κ1) is 19.1. The monoisotopic (exact) mass is 415 g/mol. The number of rotatable bonds is 5. The second kappa shape index (κ2) is 8.27. The van der Waals surface area contributed by atoms with E-state index in [1.165, 1.54) is 25.3 Å². The Kier molecular flexibility index (Phi) is 6.09. The number of nitrogens with one attached hydrogen (secondary N) is 1. The number of methoxy groups -OCH3 is 1. The first-order chi connectivity index (χ1) is 12.4. The van der Waals surface area contributed by atoms with E-state index in [1.54, 1.807) is 12.1 Å². The Bertz CT molecular complexity index is 948. The molecule has 0 saturated carbocycles. The molecule has 2 aromatic carbocycles. The van der Waals surface area contributed by atoms with Crippen LogP contribution in [0.1, 0.15) is 11.1 Å². The van der Waals surface area contributed by atoms with Crippen LogP contribution in [0, 0.1) is 28.4 Å². The lowest BCUT2D eigenvalue weighted by atomic mass is 10.1. The number of hydrogen-bond donors (Lipinski definition) is 1. The van der Waals surface area contributed by atoms with Gasteiger partial charge in [-0.3, -0.25) is 14.9 Å². The fraction of sp³-hybridized carbons (Fsp3) is 0.111. The molecule has 132 valence electrons. The second-order valence-corrected chi connectivity index (χ2v) is 6.11. The summed E-state index contributed by atoms with van der Waals surface area (Å²) in [5, 5.41) is 23.2. The van der Waals surface area contributed by atoms with E-state index in [-0.39, 0.29) is 17.0 Å². The normalized spacial score (nSPS) is 10.8. The summed E-state index contributed by atoms with van der Waals surface area (Å²) in [6.45, 7) is 1.83. The van der Waals surface area contributed by atoms with Gasteiger partial charge in [0.2, 0.25) is 5.75 Å². The van der Waals surface area contributed by atoms with E-state index in [1.807, 2.05) is 25.1 Å². The number of carbonyl (C=O) groups excluding carboxylic acids is 1. The van der Waals surface area contributed by atoms with E-state index in [0.717, 1.165) is 5.56 Å². The average Bonchev–Trinajstić information content (AvgIpc) is 2.60. The molecule has 1 amide bonds. The van der Waals surface area contributed by atoms with Crippen LogP contribution < -0.4 is 10.1 Å². The summed E-state index contributed by atoms with van der Waals surface area (Å²) in [4.78, 5) is 23.0. The predicted molar refractivity (Wildman–Crippen MR) is 101 cm³/mol. The maximum atomic E-state index is 12.4. The van der Waals surface area contributed by atoms with Crippen LogP contribution in [0.25, 0.3) is 6.08 Å². The number of carbonyl (C=O) groups is 1. The Balaban J connectivity index is 2.40. The second-order valence-electron chi connectivity index (χ2n) is 5.25. The molecule has 0 aliphatic heterocycles. The minimum atomic E-state index is -0.601. The molecule has 0 heterocycles. The van der Waals surface area contributed by atoms with Gasteiger partial charge >= 0.3 is 5.69 Å². The quantitative estimate of drug-likeness (QED) is 0.340. The predicted octanol–water partition coefficient (Wildman–Crippen LogP) is 4.22. The molecular weight excluding hydrogens is 402 g/mol. The van der Waals surface area contributed by atoms with Crippen molar-refractivity contribution in [3.05, 3.63) is 67.7 Å². The SMILES string of the molecule is COc1c(Br)cc(/C=C(/C#N)C(=O)Nc2ccccc2C)cc1[N+](=O)[O-]. The molecule has 0 atom stereocenters. The number of ether oxygens (including phenoxy) is 1. The zero-order valence-corrected chi connectivity index (χ0v) is 15.5. The molecule has 7 nitrogen and oxygen atoms in total. The van der Waals surface area contributed by atoms with E-state index in [0.29, 0.717) is 15.7 Å². The zero-order valence-electron chi connectivity index (χ0n) is 13.9. The number of halogens is 1. The highest BCUT2D eigenvalue weighted by atomic mass is 79.9. The first-order valence-electron chi connectivity index (χ1n) is 7.38. The third-order valence-corrected chi connectivity index (χ3v) is 4.11. The van der Waals surface area contributed by atoms with Gasteiger partial charge in [0, 0.05) is 11.8 Å². The summed E-state index contributed by atoms with van der Waals surface area (Å²) in [5.41, 5.74) is 1.30. The smallest absolute Gasteiger partial charge is 0.312 e. The number of amides is 1. The van der Waals surface area contributed by atoms with Gasteiger partial charge in [-0.15, -0.1) is 0 Å². The van der Waals surface area contributed by atoms with Crippen molar-refractivity contribution in [2.24, 2.45) is 0 Å². The van der Waals surface area contributed by atoms with Gasteiger partial charge in [0.05, 0.1) is 16.5 Å². The third-order valence-electron chi connectivity index (χ3n) is 3.52. The van der Waals surface area contributed by atoms with Crippen LogP contribution >= 0.6 is 15.9 Å². The number of benzene rings is 2. The highest BCUT2D eigenvalue weighted by Crippen LogP contribution is 2.36. The van der Waals surface area contributed by atoms with E-state index in [4.69, 9.17) is 4.74 Å². The summed E-state index contributed by atoms with van der Waals surface area (Å²) in [7, 11) is 1.32. The van der Waals surface area contributed by atoms with E-state index >= 15 is 0 Å². The molecule has 8 heteroatoms.